The summed E-state index contributed by atoms with van der Waals surface area (Å²) in [6.07, 6.45) is 2.15. The number of hydrogen-bond donors (Lipinski definition) is 3. The molecule has 1 aromatic heterocycles. The SMILES string of the molecule is C=CC1C[C@]1(NC(=O)[C@@H]1C[C@@H](Oc2cc(OCC)nc3c(C)c(OC)ccc23)CN1C(=O)C(O)C(C)(C)SC)C(=O)NS(=O)(=O)C1(C)CC1. The van der Waals surface area contributed by atoms with Gasteiger partial charge in [-0.3, -0.25) is 19.1 Å². The number of aryl methyl sites for hydroxylation is 1. The number of methoxy groups -OCH3 is 1. The molecule has 0 spiro atoms. The van der Waals surface area contributed by atoms with Crippen LogP contribution in [-0.2, 0) is 24.4 Å². The summed E-state index contributed by atoms with van der Waals surface area (Å²) < 4.78 is 43.8. The van der Waals surface area contributed by atoms with Crippen LogP contribution in [0.5, 0.6) is 17.4 Å². The van der Waals surface area contributed by atoms with Gasteiger partial charge in [-0.05, 0) is 72.3 Å². The Balaban J connectivity index is 1.46. The molecule has 5 rings (SSSR count). The number of carbonyl (C=O) groups is 3. The maximum Gasteiger partial charge on any atom is 0.259 e. The van der Waals surface area contributed by atoms with E-state index in [0.29, 0.717) is 47.7 Å². The zero-order chi connectivity index (χ0) is 36.1. The van der Waals surface area contributed by atoms with E-state index in [1.165, 1.54) is 22.7 Å². The number of aliphatic hydroxyl groups is 1. The molecule has 0 bridgehead atoms. The summed E-state index contributed by atoms with van der Waals surface area (Å²) in [5.74, 6) is -1.31. The predicted molar refractivity (Wildman–Crippen MR) is 186 cm³/mol. The van der Waals surface area contributed by atoms with E-state index in [0.717, 1.165) is 5.56 Å². The number of likely N-dealkylation sites (tertiary alicyclic amines) is 1. The molecule has 3 aliphatic rings. The van der Waals surface area contributed by atoms with Crippen LogP contribution in [0.2, 0.25) is 0 Å². The Kier molecular flexibility index (Phi) is 9.96. The molecule has 15 heteroatoms. The minimum absolute atomic E-state index is 0.0275. The standard InChI is InChI=1S/C34H46N4O9S2/c1-9-20-17-34(20,31(42)37-49(43,44)33(6)13-14-33)36-29(40)23-15-21(18-38(23)30(41)28(39)32(4,5)48-8)47-25-16-26(46-10-2)35-27-19(3)24(45-7)12-11-22(25)27/h9,11-12,16,20-21,23,28,39H,1,10,13-15,17-18H2,2-8H3,(H,36,40)(H,37,42)/t20?,21-,23+,28?,34-/m1/s1. The normalized spacial score (nSPS) is 24.9. The van der Waals surface area contributed by atoms with Crippen molar-refractivity contribution < 1.29 is 42.1 Å². The van der Waals surface area contributed by atoms with Crippen molar-refractivity contribution in [1.29, 1.82) is 0 Å². The minimum Gasteiger partial charge on any atom is -0.496 e. The van der Waals surface area contributed by atoms with E-state index < -0.39 is 66.9 Å². The van der Waals surface area contributed by atoms with Crippen LogP contribution in [-0.4, -0.2) is 101 Å². The van der Waals surface area contributed by atoms with Gasteiger partial charge in [-0.25, -0.2) is 13.4 Å². The lowest BCUT2D eigenvalue weighted by molar-refractivity contribution is -0.146. The molecule has 2 saturated carbocycles. The number of thioether (sulfide) groups is 1. The Morgan fingerprint density at radius 1 is 1.27 bits per heavy atom. The highest BCUT2D eigenvalue weighted by Gasteiger charge is 2.63. The summed E-state index contributed by atoms with van der Waals surface area (Å²) in [7, 11) is -2.41. The topological polar surface area (TPSA) is 173 Å². The number of amides is 3. The van der Waals surface area contributed by atoms with Crippen molar-refractivity contribution >= 4 is 50.4 Å². The summed E-state index contributed by atoms with van der Waals surface area (Å²) in [6.45, 7) is 12.8. The Morgan fingerprint density at radius 3 is 2.53 bits per heavy atom. The Morgan fingerprint density at radius 2 is 1.96 bits per heavy atom. The van der Waals surface area contributed by atoms with E-state index in [4.69, 9.17) is 14.2 Å². The molecule has 3 N–H and O–H groups in total. The van der Waals surface area contributed by atoms with Gasteiger partial charge in [-0.15, -0.1) is 6.58 Å². The molecule has 268 valence electrons. The molecule has 1 aliphatic heterocycles. The number of sulfonamides is 1. The van der Waals surface area contributed by atoms with Gasteiger partial charge in [0.25, 0.3) is 11.8 Å². The number of benzene rings is 1. The van der Waals surface area contributed by atoms with Gasteiger partial charge >= 0.3 is 0 Å². The van der Waals surface area contributed by atoms with E-state index in [-0.39, 0.29) is 19.4 Å². The van der Waals surface area contributed by atoms with Gasteiger partial charge in [-0.1, -0.05) is 6.08 Å². The van der Waals surface area contributed by atoms with Gasteiger partial charge in [0.15, 0.2) is 0 Å². The predicted octanol–water partition coefficient (Wildman–Crippen LogP) is 2.86. The van der Waals surface area contributed by atoms with Gasteiger partial charge < -0.3 is 29.5 Å². The first-order chi connectivity index (χ1) is 23.0. The highest BCUT2D eigenvalue weighted by molar-refractivity contribution is 8.00. The third kappa shape index (κ3) is 6.81. The molecule has 49 heavy (non-hydrogen) atoms. The first-order valence-electron chi connectivity index (χ1n) is 16.3. The monoisotopic (exact) mass is 718 g/mol. The number of fused-ring (bicyclic) bond motifs is 1. The maximum atomic E-state index is 14.1. The lowest BCUT2D eigenvalue weighted by Gasteiger charge is -2.33. The molecule has 5 atom stereocenters. The van der Waals surface area contributed by atoms with E-state index in [9.17, 15) is 27.9 Å². The van der Waals surface area contributed by atoms with Crippen molar-refractivity contribution in [3.63, 3.8) is 0 Å². The number of nitrogens with one attached hydrogen (secondary N) is 2. The fraction of sp³-hybridized carbons (Fsp3) is 0.588. The third-order valence-electron chi connectivity index (χ3n) is 10.1. The van der Waals surface area contributed by atoms with Crippen molar-refractivity contribution in [2.24, 2.45) is 5.92 Å². The summed E-state index contributed by atoms with van der Waals surface area (Å²) in [5, 5.41) is 14.6. The zero-order valence-corrected chi connectivity index (χ0v) is 30.6. The second-order valence-corrected chi connectivity index (χ2v) is 17.4. The first-order valence-corrected chi connectivity index (χ1v) is 19.0. The van der Waals surface area contributed by atoms with Crippen LogP contribution >= 0.6 is 11.8 Å². The number of carbonyl (C=O) groups excluding carboxylic acids is 3. The van der Waals surface area contributed by atoms with Crippen molar-refractivity contribution in [1.82, 2.24) is 19.9 Å². The third-order valence-corrected chi connectivity index (χ3v) is 13.5. The number of ether oxygens (including phenoxy) is 3. The van der Waals surface area contributed by atoms with Crippen LogP contribution in [0.1, 0.15) is 58.9 Å². The molecular formula is C34H46N4O9S2. The summed E-state index contributed by atoms with van der Waals surface area (Å²) in [6, 6.07) is 4.13. The Labute approximate surface area is 291 Å². The van der Waals surface area contributed by atoms with Crippen LogP contribution < -0.4 is 24.2 Å². The lowest BCUT2D eigenvalue weighted by atomic mass is 10.0. The Bertz CT molecular complexity index is 1780. The maximum absolute atomic E-state index is 14.1. The average molecular weight is 719 g/mol. The molecule has 3 fully saturated rings. The first kappa shape index (κ1) is 36.7. The van der Waals surface area contributed by atoms with Crippen molar-refractivity contribution in [3.05, 3.63) is 36.4 Å². The van der Waals surface area contributed by atoms with Crippen LogP contribution in [0, 0.1) is 12.8 Å². The fourth-order valence-corrected chi connectivity index (χ4v) is 7.77. The Hall–Kier alpha value is -3.56. The van der Waals surface area contributed by atoms with Gasteiger partial charge in [0.1, 0.15) is 35.3 Å². The fourth-order valence-electron chi connectivity index (χ4n) is 6.14. The van der Waals surface area contributed by atoms with Crippen molar-refractivity contribution in [2.75, 3.05) is 26.5 Å². The quantitative estimate of drug-likeness (QED) is 0.245. The number of nitrogens with zero attached hydrogens (tertiary/aromatic N) is 2. The van der Waals surface area contributed by atoms with E-state index in [1.807, 2.05) is 19.9 Å². The number of pyridine rings is 1. The van der Waals surface area contributed by atoms with Crippen LogP contribution in [0.15, 0.2) is 30.9 Å². The largest absolute Gasteiger partial charge is 0.496 e. The van der Waals surface area contributed by atoms with Crippen molar-refractivity contribution in [3.8, 4) is 17.4 Å². The lowest BCUT2D eigenvalue weighted by Crippen LogP contribution is -2.58. The molecule has 1 saturated heterocycles. The smallest absolute Gasteiger partial charge is 0.259 e. The minimum atomic E-state index is -3.98. The molecule has 1 aromatic carbocycles. The second-order valence-electron chi connectivity index (χ2n) is 13.8. The molecular weight excluding hydrogens is 673 g/mol. The van der Waals surface area contributed by atoms with Crippen molar-refractivity contribution in [2.45, 2.75) is 93.6 Å². The summed E-state index contributed by atoms with van der Waals surface area (Å²) in [5.41, 5.74) is -0.173. The zero-order valence-electron chi connectivity index (χ0n) is 29.0. The molecule has 2 aromatic rings. The number of rotatable bonds is 14. The van der Waals surface area contributed by atoms with Crippen LogP contribution in [0.4, 0.5) is 0 Å². The highest BCUT2D eigenvalue weighted by Crippen LogP contribution is 2.47. The van der Waals surface area contributed by atoms with Gasteiger partial charge in [-0.2, -0.15) is 11.8 Å². The summed E-state index contributed by atoms with van der Waals surface area (Å²) >= 11 is 1.31. The van der Waals surface area contributed by atoms with Gasteiger partial charge in [0.05, 0.1) is 30.5 Å². The van der Waals surface area contributed by atoms with E-state index in [1.54, 1.807) is 46.3 Å². The molecule has 2 aliphatic carbocycles. The van der Waals surface area contributed by atoms with E-state index >= 15 is 0 Å². The number of aromatic nitrogens is 1. The molecule has 3 amide bonds. The second kappa shape index (κ2) is 13.3. The molecule has 13 nitrogen and oxygen atoms in total. The van der Waals surface area contributed by atoms with Crippen LogP contribution in [0.3, 0.4) is 0 Å². The summed E-state index contributed by atoms with van der Waals surface area (Å²) in [4.78, 5) is 47.4. The highest BCUT2D eigenvalue weighted by atomic mass is 32.2. The number of hydrogen-bond acceptors (Lipinski definition) is 11. The van der Waals surface area contributed by atoms with Crippen LogP contribution in [0.25, 0.3) is 10.9 Å². The average Bonchev–Trinajstić information content (AvgIpc) is 3.95. The molecule has 0 radical (unpaired) electrons. The molecule has 2 heterocycles. The van der Waals surface area contributed by atoms with Gasteiger partial charge in [0, 0.05) is 34.1 Å². The number of aliphatic hydroxyl groups excluding tert-OH is 1. The van der Waals surface area contributed by atoms with E-state index in [2.05, 4.69) is 21.6 Å². The molecule has 2 unspecified atom stereocenters. The van der Waals surface area contributed by atoms with Gasteiger partial charge in [0.2, 0.25) is 21.8 Å².